The number of rotatable bonds is 7. The Balaban J connectivity index is 1.49. The Morgan fingerprint density at radius 3 is 2.45 bits per heavy atom. The van der Waals surface area contributed by atoms with Gasteiger partial charge in [0.25, 0.3) is 0 Å². The summed E-state index contributed by atoms with van der Waals surface area (Å²) >= 11 is 0. The van der Waals surface area contributed by atoms with Gasteiger partial charge >= 0.3 is 0 Å². The number of H-pyrrole nitrogens is 1. The second-order valence-electron chi connectivity index (χ2n) is 6.32. The van der Waals surface area contributed by atoms with Crippen LogP contribution in [0.15, 0.2) is 78.9 Å². The molecule has 0 spiro atoms. The number of aromatic nitrogens is 2. The summed E-state index contributed by atoms with van der Waals surface area (Å²) in [5.41, 5.74) is 2.97. The van der Waals surface area contributed by atoms with Crippen molar-refractivity contribution in [1.82, 2.24) is 9.97 Å². The number of ether oxygens (including phenoxy) is 2. The monoisotopic (exact) mass is 381 g/mol. The van der Waals surface area contributed by atoms with E-state index < -0.39 is 0 Å². The lowest BCUT2D eigenvalue weighted by molar-refractivity contribution is 0.217. The van der Waals surface area contributed by atoms with Crippen LogP contribution in [-0.4, -0.2) is 23.2 Å². The molecule has 0 aliphatic carbocycles. The number of hydrogen-bond acceptors (Lipinski definition) is 4. The Bertz CT molecular complexity index is 1140. The first-order valence-electron chi connectivity index (χ1n) is 9.30. The number of imidazole rings is 1. The molecule has 0 unspecified atom stereocenters. The molecule has 29 heavy (non-hydrogen) atoms. The maximum absolute atomic E-state index is 9.66. The molecule has 0 saturated carbocycles. The lowest BCUT2D eigenvalue weighted by atomic mass is 10.1. The van der Waals surface area contributed by atoms with Gasteiger partial charge in [-0.25, -0.2) is 4.98 Å². The number of para-hydroxylation sites is 4. The number of aromatic amines is 1. The molecule has 5 nitrogen and oxygen atoms in total. The summed E-state index contributed by atoms with van der Waals surface area (Å²) < 4.78 is 11.6. The van der Waals surface area contributed by atoms with Gasteiger partial charge in [-0.1, -0.05) is 48.5 Å². The van der Waals surface area contributed by atoms with Gasteiger partial charge in [0.15, 0.2) is 0 Å². The predicted octanol–water partition coefficient (Wildman–Crippen LogP) is 5.08. The lowest BCUT2D eigenvalue weighted by Gasteiger charge is -2.10. The normalized spacial score (nSPS) is 11.2. The largest absolute Gasteiger partial charge is 0.490 e. The van der Waals surface area contributed by atoms with Gasteiger partial charge in [-0.2, -0.15) is 5.26 Å². The van der Waals surface area contributed by atoms with E-state index in [1.807, 2.05) is 78.9 Å². The van der Waals surface area contributed by atoms with Crippen molar-refractivity contribution < 1.29 is 9.47 Å². The molecular weight excluding hydrogens is 362 g/mol. The molecule has 0 fully saturated rings. The first kappa shape index (κ1) is 18.3. The Kier molecular flexibility index (Phi) is 5.54. The van der Waals surface area contributed by atoms with E-state index in [-0.39, 0.29) is 0 Å². The number of fused-ring (bicyclic) bond motifs is 1. The van der Waals surface area contributed by atoms with Crippen LogP contribution in [-0.2, 0) is 0 Å². The zero-order valence-corrected chi connectivity index (χ0v) is 15.7. The molecular formula is C24H19N3O2. The molecule has 4 rings (SSSR count). The summed E-state index contributed by atoms with van der Waals surface area (Å²) in [6, 6.07) is 27.1. The fourth-order valence-corrected chi connectivity index (χ4v) is 2.95. The zero-order valence-electron chi connectivity index (χ0n) is 15.7. The Morgan fingerprint density at radius 1 is 0.897 bits per heavy atom. The molecule has 0 atom stereocenters. The van der Waals surface area contributed by atoms with Gasteiger partial charge in [-0.15, -0.1) is 0 Å². The van der Waals surface area contributed by atoms with Crippen LogP contribution in [0.1, 0.15) is 11.4 Å². The number of hydrogen-bond donors (Lipinski definition) is 1. The van der Waals surface area contributed by atoms with E-state index in [1.54, 1.807) is 6.08 Å². The number of nitrogens with zero attached hydrogens (tertiary/aromatic N) is 2. The van der Waals surface area contributed by atoms with Crippen molar-refractivity contribution in [2.75, 3.05) is 13.2 Å². The maximum atomic E-state index is 9.66. The number of nitriles is 1. The van der Waals surface area contributed by atoms with Crippen molar-refractivity contribution in [2.45, 2.75) is 0 Å². The molecule has 5 heteroatoms. The molecule has 0 saturated heterocycles. The molecule has 142 valence electrons. The van der Waals surface area contributed by atoms with E-state index in [2.05, 4.69) is 16.0 Å². The molecule has 3 aromatic carbocycles. The maximum Gasteiger partial charge on any atom is 0.149 e. The average Bonchev–Trinajstić information content (AvgIpc) is 3.20. The highest BCUT2D eigenvalue weighted by Crippen LogP contribution is 2.25. The van der Waals surface area contributed by atoms with Crippen LogP contribution in [0.25, 0.3) is 22.7 Å². The van der Waals surface area contributed by atoms with Crippen molar-refractivity contribution in [3.63, 3.8) is 0 Å². The smallest absolute Gasteiger partial charge is 0.149 e. The summed E-state index contributed by atoms with van der Waals surface area (Å²) in [5, 5.41) is 9.66. The van der Waals surface area contributed by atoms with Crippen molar-refractivity contribution >= 4 is 22.7 Å². The van der Waals surface area contributed by atoms with Crippen molar-refractivity contribution in [1.29, 1.82) is 5.26 Å². The van der Waals surface area contributed by atoms with Crippen LogP contribution in [0, 0.1) is 11.3 Å². The Hall–Kier alpha value is -4.04. The first-order valence-corrected chi connectivity index (χ1v) is 9.30. The van der Waals surface area contributed by atoms with Crippen LogP contribution in [0.2, 0.25) is 0 Å². The number of benzene rings is 3. The molecule has 0 aliphatic heterocycles. The van der Waals surface area contributed by atoms with Gasteiger partial charge in [0.2, 0.25) is 0 Å². The quantitative estimate of drug-likeness (QED) is 0.358. The van der Waals surface area contributed by atoms with Crippen LogP contribution in [0.5, 0.6) is 11.5 Å². The molecule has 1 heterocycles. The van der Waals surface area contributed by atoms with Gasteiger partial charge in [0.1, 0.15) is 36.6 Å². The third-order valence-corrected chi connectivity index (χ3v) is 4.34. The highest BCUT2D eigenvalue weighted by molar-refractivity contribution is 5.91. The fraction of sp³-hybridized carbons (Fsp3) is 0.0833. The van der Waals surface area contributed by atoms with Crippen LogP contribution in [0.4, 0.5) is 0 Å². The van der Waals surface area contributed by atoms with Crippen molar-refractivity contribution in [3.8, 4) is 17.6 Å². The fourth-order valence-electron chi connectivity index (χ4n) is 2.95. The van der Waals surface area contributed by atoms with E-state index in [4.69, 9.17) is 9.47 Å². The minimum absolute atomic E-state index is 0.395. The number of allylic oxidation sites excluding steroid dienone is 1. The van der Waals surface area contributed by atoms with Crippen molar-refractivity contribution in [2.24, 2.45) is 0 Å². The second kappa shape index (κ2) is 8.77. The Morgan fingerprint density at radius 2 is 1.62 bits per heavy atom. The van der Waals surface area contributed by atoms with Crippen molar-refractivity contribution in [3.05, 3.63) is 90.3 Å². The van der Waals surface area contributed by atoms with Gasteiger partial charge < -0.3 is 14.5 Å². The first-order chi connectivity index (χ1) is 14.3. The van der Waals surface area contributed by atoms with Gasteiger partial charge in [0.05, 0.1) is 16.6 Å². The summed E-state index contributed by atoms with van der Waals surface area (Å²) in [4.78, 5) is 7.71. The molecule has 0 amide bonds. The highest BCUT2D eigenvalue weighted by Gasteiger charge is 2.09. The molecule has 1 N–H and O–H groups in total. The van der Waals surface area contributed by atoms with E-state index in [1.165, 1.54) is 0 Å². The number of nitrogens with one attached hydrogen (secondary N) is 1. The molecule has 0 bridgehead atoms. The third-order valence-electron chi connectivity index (χ3n) is 4.34. The lowest BCUT2D eigenvalue weighted by Crippen LogP contribution is -2.09. The average molecular weight is 381 g/mol. The summed E-state index contributed by atoms with van der Waals surface area (Å²) in [5.74, 6) is 2.03. The minimum Gasteiger partial charge on any atom is -0.490 e. The standard InChI is InChI=1S/C24H19N3O2/c25-17-19(24-26-21-11-5-6-12-22(21)27-24)16-18-8-4-7-13-23(18)29-15-14-28-20-9-2-1-3-10-20/h1-13,16H,14-15H2,(H,26,27)/b19-16+. The van der Waals surface area contributed by atoms with Gasteiger partial charge in [-0.3, -0.25) is 0 Å². The topological polar surface area (TPSA) is 70.9 Å². The van der Waals surface area contributed by atoms with Crippen LogP contribution < -0.4 is 9.47 Å². The molecule has 4 aromatic rings. The van der Waals surface area contributed by atoms with Crippen LogP contribution in [0.3, 0.4) is 0 Å². The van der Waals surface area contributed by atoms with Gasteiger partial charge in [-0.05, 0) is 36.4 Å². The van der Waals surface area contributed by atoms with E-state index in [0.29, 0.717) is 30.4 Å². The summed E-state index contributed by atoms with van der Waals surface area (Å²) in [6.45, 7) is 0.822. The second-order valence-corrected chi connectivity index (χ2v) is 6.32. The van der Waals surface area contributed by atoms with E-state index >= 15 is 0 Å². The molecule has 1 aromatic heterocycles. The van der Waals surface area contributed by atoms with E-state index in [9.17, 15) is 5.26 Å². The minimum atomic E-state index is 0.395. The highest BCUT2D eigenvalue weighted by atomic mass is 16.5. The zero-order chi connectivity index (χ0) is 19.9. The van der Waals surface area contributed by atoms with E-state index in [0.717, 1.165) is 22.3 Å². The molecule has 0 aliphatic rings. The van der Waals surface area contributed by atoms with Crippen LogP contribution >= 0.6 is 0 Å². The summed E-state index contributed by atoms with van der Waals surface area (Å²) in [6.07, 6.45) is 1.78. The molecule has 0 radical (unpaired) electrons. The van der Waals surface area contributed by atoms with Gasteiger partial charge in [0, 0.05) is 5.56 Å². The Labute approximate surface area is 168 Å². The SMILES string of the molecule is N#C/C(=C\c1ccccc1OCCOc1ccccc1)c1nc2ccccc2[nH]1. The summed E-state index contributed by atoms with van der Waals surface area (Å²) in [7, 11) is 0. The third kappa shape index (κ3) is 4.45. The predicted molar refractivity (Wildman–Crippen MR) is 113 cm³/mol.